The van der Waals surface area contributed by atoms with Crippen LogP contribution in [0.1, 0.15) is 31.2 Å². The summed E-state index contributed by atoms with van der Waals surface area (Å²) in [6.07, 6.45) is 10.1. The fourth-order valence-corrected chi connectivity index (χ4v) is 3.11. The number of likely N-dealkylation sites (N-methyl/N-ethyl adjacent to an activating group) is 1. The molecule has 0 saturated heterocycles. The van der Waals surface area contributed by atoms with Gasteiger partial charge in [0.2, 0.25) is 0 Å². The van der Waals surface area contributed by atoms with Crippen LogP contribution >= 0.6 is 11.6 Å². The van der Waals surface area contributed by atoms with Crippen molar-refractivity contribution in [2.75, 3.05) is 13.6 Å². The van der Waals surface area contributed by atoms with E-state index in [1.54, 1.807) is 0 Å². The van der Waals surface area contributed by atoms with Gasteiger partial charge < -0.3 is 4.90 Å². The second-order valence-corrected chi connectivity index (χ2v) is 5.68. The van der Waals surface area contributed by atoms with E-state index < -0.39 is 0 Å². The Bertz CT molecular complexity index is 350. The molecule has 0 aliphatic heterocycles. The van der Waals surface area contributed by atoms with E-state index >= 15 is 0 Å². The molecule has 1 aliphatic carbocycles. The lowest BCUT2D eigenvalue weighted by molar-refractivity contribution is 0.198. The highest BCUT2D eigenvalue weighted by Crippen LogP contribution is 2.26. The lowest BCUT2D eigenvalue weighted by Gasteiger charge is -2.34. The zero-order valence-corrected chi connectivity index (χ0v) is 11.5. The smallest absolute Gasteiger partial charge is 0.0522 e. The van der Waals surface area contributed by atoms with E-state index in [2.05, 4.69) is 23.2 Å². The number of aryl methyl sites for hydroxylation is 1. The summed E-state index contributed by atoms with van der Waals surface area (Å²) in [6.45, 7) is 1.07. The van der Waals surface area contributed by atoms with Crippen molar-refractivity contribution in [2.24, 2.45) is 7.05 Å². The Balaban J connectivity index is 1.82. The molecule has 0 amide bonds. The largest absolute Gasteiger partial charge is 0.302 e. The number of halogens is 1. The molecule has 2 atom stereocenters. The van der Waals surface area contributed by atoms with Gasteiger partial charge in [0.15, 0.2) is 0 Å². The first-order chi connectivity index (χ1) is 8.16. The molecule has 96 valence electrons. The van der Waals surface area contributed by atoms with Crippen molar-refractivity contribution in [1.29, 1.82) is 0 Å². The van der Waals surface area contributed by atoms with Gasteiger partial charge in [-0.15, -0.1) is 11.6 Å². The first-order valence-corrected chi connectivity index (χ1v) is 6.92. The van der Waals surface area contributed by atoms with Crippen LogP contribution in [0.3, 0.4) is 0 Å². The molecule has 17 heavy (non-hydrogen) atoms. The number of rotatable bonds is 4. The summed E-state index contributed by atoms with van der Waals surface area (Å²) >= 11 is 6.41. The van der Waals surface area contributed by atoms with Crippen molar-refractivity contribution in [3.05, 3.63) is 18.0 Å². The summed E-state index contributed by atoms with van der Waals surface area (Å²) in [5.74, 6) is 0. The monoisotopic (exact) mass is 255 g/mol. The standard InChI is InChI=1S/C13H22ClN3/c1-16(13-6-4-3-5-12(13)14)8-7-11-9-15-17(2)10-11/h9-10,12-13H,3-8H2,1-2H3. The molecule has 4 heteroatoms. The SMILES string of the molecule is CN(CCc1cnn(C)c1)C1CCCCC1Cl. The molecular formula is C13H22ClN3. The maximum absolute atomic E-state index is 6.41. The molecule has 0 N–H and O–H groups in total. The number of nitrogens with zero attached hydrogens (tertiary/aromatic N) is 3. The van der Waals surface area contributed by atoms with Crippen LogP contribution in [0.5, 0.6) is 0 Å². The van der Waals surface area contributed by atoms with Gasteiger partial charge in [0.25, 0.3) is 0 Å². The van der Waals surface area contributed by atoms with E-state index in [4.69, 9.17) is 11.6 Å². The molecular weight excluding hydrogens is 234 g/mol. The molecule has 0 spiro atoms. The van der Waals surface area contributed by atoms with Crippen LogP contribution in [-0.2, 0) is 13.5 Å². The van der Waals surface area contributed by atoms with E-state index in [0.717, 1.165) is 13.0 Å². The summed E-state index contributed by atoms with van der Waals surface area (Å²) < 4.78 is 1.86. The Morgan fingerprint density at radius 2 is 2.24 bits per heavy atom. The van der Waals surface area contributed by atoms with Gasteiger partial charge in [-0.2, -0.15) is 5.10 Å². The molecule has 1 heterocycles. The van der Waals surface area contributed by atoms with Gasteiger partial charge in [0, 0.05) is 31.2 Å². The van der Waals surface area contributed by atoms with Crippen molar-refractivity contribution >= 4 is 11.6 Å². The Kier molecular flexibility index (Phi) is 4.46. The third-order valence-electron chi connectivity index (χ3n) is 3.72. The van der Waals surface area contributed by atoms with Gasteiger partial charge in [0.1, 0.15) is 0 Å². The van der Waals surface area contributed by atoms with Crippen molar-refractivity contribution in [1.82, 2.24) is 14.7 Å². The average Bonchev–Trinajstić information content (AvgIpc) is 2.73. The van der Waals surface area contributed by atoms with Crippen LogP contribution in [0, 0.1) is 0 Å². The van der Waals surface area contributed by atoms with E-state index in [0.29, 0.717) is 11.4 Å². The number of hydrogen-bond acceptors (Lipinski definition) is 2. The minimum absolute atomic E-state index is 0.336. The third-order valence-corrected chi connectivity index (χ3v) is 4.23. The highest BCUT2D eigenvalue weighted by atomic mass is 35.5. The van der Waals surface area contributed by atoms with Gasteiger partial charge in [-0.3, -0.25) is 4.68 Å². The summed E-state index contributed by atoms with van der Waals surface area (Å²) in [5.41, 5.74) is 1.31. The van der Waals surface area contributed by atoms with Crippen LogP contribution in [0.25, 0.3) is 0 Å². The van der Waals surface area contributed by atoms with Crippen LogP contribution in [-0.4, -0.2) is 39.7 Å². The molecule has 1 aromatic heterocycles. The van der Waals surface area contributed by atoms with E-state index in [1.807, 2.05) is 17.9 Å². The molecule has 3 nitrogen and oxygen atoms in total. The third kappa shape index (κ3) is 3.46. The summed E-state index contributed by atoms with van der Waals surface area (Å²) in [5, 5.41) is 4.53. The number of alkyl halides is 1. The Labute approximate surface area is 109 Å². The molecule has 1 fully saturated rings. The minimum Gasteiger partial charge on any atom is -0.302 e. The summed E-state index contributed by atoms with van der Waals surface area (Å²) in [4.78, 5) is 2.42. The van der Waals surface area contributed by atoms with Crippen molar-refractivity contribution in [3.63, 3.8) is 0 Å². The maximum Gasteiger partial charge on any atom is 0.0522 e. The molecule has 0 bridgehead atoms. The zero-order valence-electron chi connectivity index (χ0n) is 10.8. The predicted octanol–water partition coefficient (Wildman–Crippen LogP) is 2.44. The van der Waals surface area contributed by atoms with Gasteiger partial charge in [-0.25, -0.2) is 0 Å². The summed E-state index contributed by atoms with van der Waals surface area (Å²) in [7, 11) is 4.16. The fraction of sp³-hybridized carbons (Fsp3) is 0.769. The van der Waals surface area contributed by atoms with Crippen LogP contribution in [0.15, 0.2) is 12.4 Å². The van der Waals surface area contributed by atoms with Gasteiger partial charge in [-0.1, -0.05) is 12.8 Å². The minimum atomic E-state index is 0.336. The van der Waals surface area contributed by atoms with Gasteiger partial charge in [0.05, 0.1) is 6.20 Å². The highest BCUT2D eigenvalue weighted by molar-refractivity contribution is 6.21. The Hall–Kier alpha value is -0.540. The zero-order chi connectivity index (χ0) is 12.3. The molecule has 1 aliphatic rings. The average molecular weight is 256 g/mol. The number of hydrogen-bond donors (Lipinski definition) is 0. The predicted molar refractivity (Wildman–Crippen MR) is 71.4 cm³/mol. The Morgan fingerprint density at radius 3 is 2.88 bits per heavy atom. The molecule has 0 radical (unpaired) electrons. The lowest BCUT2D eigenvalue weighted by Crippen LogP contribution is -2.41. The van der Waals surface area contributed by atoms with Gasteiger partial charge in [-0.05, 0) is 31.9 Å². The number of aromatic nitrogens is 2. The van der Waals surface area contributed by atoms with Crippen molar-refractivity contribution in [2.45, 2.75) is 43.5 Å². The quantitative estimate of drug-likeness (QED) is 0.771. The highest BCUT2D eigenvalue weighted by Gasteiger charge is 2.26. The second-order valence-electron chi connectivity index (χ2n) is 5.12. The van der Waals surface area contributed by atoms with Crippen LogP contribution < -0.4 is 0 Å². The van der Waals surface area contributed by atoms with Crippen LogP contribution in [0.2, 0.25) is 0 Å². The molecule has 2 rings (SSSR count). The topological polar surface area (TPSA) is 21.1 Å². The van der Waals surface area contributed by atoms with Crippen molar-refractivity contribution in [3.8, 4) is 0 Å². The second kappa shape index (κ2) is 5.87. The van der Waals surface area contributed by atoms with E-state index in [9.17, 15) is 0 Å². The van der Waals surface area contributed by atoms with Crippen LogP contribution in [0.4, 0.5) is 0 Å². The summed E-state index contributed by atoms with van der Waals surface area (Å²) in [6, 6.07) is 0.557. The molecule has 1 saturated carbocycles. The molecule has 2 unspecified atom stereocenters. The maximum atomic E-state index is 6.41. The van der Waals surface area contributed by atoms with Gasteiger partial charge >= 0.3 is 0 Å². The van der Waals surface area contributed by atoms with Crippen molar-refractivity contribution < 1.29 is 0 Å². The first-order valence-electron chi connectivity index (χ1n) is 6.48. The lowest BCUT2D eigenvalue weighted by atomic mass is 9.94. The fourth-order valence-electron chi connectivity index (χ4n) is 2.63. The molecule has 0 aromatic carbocycles. The Morgan fingerprint density at radius 1 is 1.47 bits per heavy atom. The van der Waals surface area contributed by atoms with E-state index in [-0.39, 0.29) is 0 Å². The first kappa shape index (κ1) is 12.9. The normalized spacial score (nSPS) is 25.4. The molecule has 1 aromatic rings. The van der Waals surface area contributed by atoms with E-state index in [1.165, 1.54) is 31.2 Å².